The van der Waals surface area contributed by atoms with Crippen molar-refractivity contribution in [1.82, 2.24) is 14.9 Å². The fourth-order valence-electron chi connectivity index (χ4n) is 1.81. The van der Waals surface area contributed by atoms with Gasteiger partial charge in [-0.25, -0.2) is 4.98 Å². The van der Waals surface area contributed by atoms with Crippen LogP contribution in [0, 0.1) is 6.92 Å². The van der Waals surface area contributed by atoms with Crippen LogP contribution in [0.5, 0.6) is 5.75 Å². The van der Waals surface area contributed by atoms with Crippen molar-refractivity contribution in [2.75, 3.05) is 7.05 Å². The summed E-state index contributed by atoms with van der Waals surface area (Å²) in [6.45, 7) is 2.17. The maximum Gasteiger partial charge on any atom is 0.293 e. The van der Waals surface area contributed by atoms with Crippen LogP contribution in [0.1, 0.15) is 21.6 Å². The number of aromatic nitrogens is 2. The van der Waals surface area contributed by atoms with E-state index in [9.17, 15) is 14.7 Å². The lowest BCUT2D eigenvalue weighted by atomic mass is 10.1. The number of aromatic hydroxyl groups is 1. The van der Waals surface area contributed by atoms with Crippen LogP contribution in [-0.4, -0.2) is 32.9 Å². The first-order chi connectivity index (χ1) is 9.90. The van der Waals surface area contributed by atoms with E-state index in [2.05, 4.69) is 9.97 Å². The second-order valence-corrected chi connectivity index (χ2v) is 5.08. The van der Waals surface area contributed by atoms with E-state index in [0.29, 0.717) is 5.02 Å². The van der Waals surface area contributed by atoms with Crippen LogP contribution in [0.4, 0.5) is 0 Å². The van der Waals surface area contributed by atoms with E-state index < -0.39 is 17.2 Å². The number of hydrogen-bond acceptors (Lipinski definition) is 4. The molecule has 0 unspecified atom stereocenters. The summed E-state index contributed by atoms with van der Waals surface area (Å²) in [7, 11) is 1.55. The summed E-state index contributed by atoms with van der Waals surface area (Å²) in [5, 5.41) is 10.2. The monoisotopic (exact) mass is 307 g/mol. The minimum atomic E-state index is -0.750. The fraction of sp³-hybridized carbons (Fsp3) is 0.214. The van der Waals surface area contributed by atoms with E-state index in [1.807, 2.05) is 19.1 Å². The van der Waals surface area contributed by atoms with E-state index in [0.717, 1.165) is 17.5 Å². The van der Waals surface area contributed by atoms with Gasteiger partial charge in [0.1, 0.15) is 0 Å². The number of aryl methyl sites for hydroxylation is 1. The van der Waals surface area contributed by atoms with E-state index in [1.165, 1.54) is 4.90 Å². The number of benzene rings is 1. The van der Waals surface area contributed by atoms with Crippen LogP contribution in [0.2, 0.25) is 5.02 Å². The first kappa shape index (κ1) is 15.1. The van der Waals surface area contributed by atoms with Crippen molar-refractivity contribution < 1.29 is 9.90 Å². The number of aromatic amines is 1. The highest BCUT2D eigenvalue weighted by molar-refractivity contribution is 6.31. The number of hydrogen-bond donors (Lipinski definition) is 2. The molecule has 2 aromatic rings. The van der Waals surface area contributed by atoms with Gasteiger partial charge in [-0.3, -0.25) is 9.59 Å². The number of halogens is 1. The minimum Gasteiger partial charge on any atom is -0.501 e. The Bertz CT molecular complexity index is 742. The van der Waals surface area contributed by atoms with Crippen molar-refractivity contribution in [3.63, 3.8) is 0 Å². The smallest absolute Gasteiger partial charge is 0.293 e. The average molecular weight is 308 g/mol. The van der Waals surface area contributed by atoms with E-state index in [1.54, 1.807) is 13.1 Å². The van der Waals surface area contributed by atoms with Gasteiger partial charge < -0.3 is 15.0 Å². The second-order valence-electron chi connectivity index (χ2n) is 4.67. The number of nitrogens with one attached hydrogen (secondary N) is 1. The summed E-state index contributed by atoms with van der Waals surface area (Å²) in [6.07, 6.45) is 1.08. The van der Waals surface area contributed by atoms with Gasteiger partial charge in [-0.2, -0.15) is 0 Å². The molecular weight excluding hydrogens is 294 g/mol. The number of carbonyl (C=O) groups excluding carboxylic acids is 1. The Morgan fingerprint density at radius 3 is 2.86 bits per heavy atom. The van der Waals surface area contributed by atoms with Crippen LogP contribution < -0.4 is 5.56 Å². The van der Waals surface area contributed by atoms with Crippen LogP contribution in [0.3, 0.4) is 0 Å². The number of rotatable bonds is 3. The Morgan fingerprint density at radius 2 is 2.19 bits per heavy atom. The van der Waals surface area contributed by atoms with Gasteiger partial charge in [0.15, 0.2) is 5.69 Å². The van der Waals surface area contributed by atoms with Crippen molar-refractivity contribution in [1.29, 1.82) is 0 Å². The highest BCUT2D eigenvalue weighted by Gasteiger charge is 2.19. The molecule has 0 fully saturated rings. The molecule has 0 aliphatic rings. The molecule has 7 heteroatoms. The van der Waals surface area contributed by atoms with E-state index in [4.69, 9.17) is 11.6 Å². The highest BCUT2D eigenvalue weighted by atomic mass is 35.5. The predicted molar refractivity (Wildman–Crippen MR) is 78.5 cm³/mol. The highest BCUT2D eigenvalue weighted by Crippen LogP contribution is 2.18. The topological polar surface area (TPSA) is 86.3 Å². The first-order valence-corrected chi connectivity index (χ1v) is 6.55. The summed E-state index contributed by atoms with van der Waals surface area (Å²) in [5.74, 6) is -1.23. The molecule has 21 heavy (non-hydrogen) atoms. The largest absolute Gasteiger partial charge is 0.501 e. The standard InChI is InChI=1S/C14H14ClN3O3/c1-8-3-4-9(5-10(8)15)6-18(2)14(21)11-12(19)13(20)17-7-16-11/h3-5,7,19H,6H2,1-2H3,(H,16,17,20). The van der Waals surface area contributed by atoms with Crippen molar-refractivity contribution in [3.8, 4) is 5.75 Å². The van der Waals surface area contributed by atoms with Gasteiger partial charge in [-0.15, -0.1) is 0 Å². The summed E-state index contributed by atoms with van der Waals surface area (Å²) in [4.78, 5) is 30.7. The molecule has 2 rings (SSSR count). The van der Waals surface area contributed by atoms with E-state index in [-0.39, 0.29) is 12.2 Å². The summed E-state index contributed by atoms with van der Waals surface area (Å²) in [6, 6.07) is 5.49. The number of nitrogens with zero attached hydrogens (tertiary/aromatic N) is 2. The molecule has 0 aliphatic heterocycles. The molecule has 110 valence electrons. The third-order valence-electron chi connectivity index (χ3n) is 3.03. The zero-order valence-corrected chi connectivity index (χ0v) is 12.3. The molecule has 1 heterocycles. The number of H-pyrrole nitrogens is 1. The second kappa shape index (κ2) is 5.97. The van der Waals surface area contributed by atoms with Gasteiger partial charge in [0, 0.05) is 18.6 Å². The zero-order valence-electron chi connectivity index (χ0n) is 11.6. The lowest BCUT2D eigenvalue weighted by molar-refractivity contribution is 0.0775. The number of amides is 1. The molecule has 1 aromatic heterocycles. The third-order valence-corrected chi connectivity index (χ3v) is 3.44. The van der Waals surface area contributed by atoms with Gasteiger partial charge in [0.25, 0.3) is 11.5 Å². The molecule has 6 nitrogen and oxygen atoms in total. The molecule has 0 atom stereocenters. The van der Waals surface area contributed by atoms with Crippen LogP contribution in [-0.2, 0) is 6.54 Å². The number of carbonyl (C=O) groups is 1. The normalized spacial score (nSPS) is 10.4. The molecule has 0 spiro atoms. The molecule has 1 aromatic carbocycles. The van der Waals surface area contributed by atoms with Gasteiger partial charge in [-0.1, -0.05) is 23.7 Å². The SMILES string of the molecule is Cc1ccc(CN(C)C(=O)c2nc[nH]c(=O)c2O)cc1Cl. The Hall–Kier alpha value is -2.34. The Labute approximate surface area is 126 Å². The average Bonchev–Trinajstić information content (AvgIpc) is 2.45. The van der Waals surface area contributed by atoms with Crippen LogP contribution >= 0.6 is 11.6 Å². The molecule has 2 N–H and O–H groups in total. The van der Waals surface area contributed by atoms with Gasteiger partial charge in [0.05, 0.1) is 6.33 Å². The lowest BCUT2D eigenvalue weighted by Gasteiger charge is -2.17. The van der Waals surface area contributed by atoms with Crippen molar-refractivity contribution in [2.45, 2.75) is 13.5 Å². The van der Waals surface area contributed by atoms with E-state index >= 15 is 0 Å². The predicted octanol–water partition coefficient (Wildman–Crippen LogP) is 1.71. The Kier molecular flexibility index (Phi) is 4.28. The molecule has 1 amide bonds. The van der Waals surface area contributed by atoms with Crippen LogP contribution in [0.15, 0.2) is 29.3 Å². The molecule has 0 aliphatic carbocycles. The maximum absolute atomic E-state index is 12.2. The molecule has 0 bridgehead atoms. The summed E-state index contributed by atoms with van der Waals surface area (Å²) >= 11 is 6.04. The fourth-order valence-corrected chi connectivity index (χ4v) is 2.01. The molecular formula is C14H14ClN3O3. The first-order valence-electron chi connectivity index (χ1n) is 6.17. The van der Waals surface area contributed by atoms with Gasteiger partial charge in [0.2, 0.25) is 5.75 Å². The van der Waals surface area contributed by atoms with Gasteiger partial charge >= 0.3 is 0 Å². The quantitative estimate of drug-likeness (QED) is 0.904. The lowest BCUT2D eigenvalue weighted by Crippen LogP contribution is -2.28. The van der Waals surface area contributed by atoms with Crippen molar-refractivity contribution in [2.24, 2.45) is 0 Å². The Morgan fingerprint density at radius 1 is 1.48 bits per heavy atom. The Balaban J connectivity index is 2.21. The zero-order chi connectivity index (χ0) is 15.6. The third kappa shape index (κ3) is 3.22. The van der Waals surface area contributed by atoms with Crippen LogP contribution in [0.25, 0.3) is 0 Å². The van der Waals surface area contributed by atoms with Crippen molar-refractivity contribution in [3.05, 3.63) is 56.7 Å². The summed E-state index contributed by atoms with van der Waals surface area (Å²) in [5.41, 5.74) is 0.758. The maximum atomic E-state index is 12.2. The van der Waals surface area contributed by atoms with Crippen molar-refractivity contribution >= 4 is 17.5 Å². The molecule has 0 radical (unpaired) electrons. The molecule has 0 saturated heterocycles. The van der Waals surface area contributed by atoms with Gasteiger partial charge in [-0.05, 0) is 24.1 Å². The molecule has 0 saturated carbocycles. The summed E-state index contributed by atoms with van der Waals surface area (Å²) < 4.78 is 0. The minimum absolute atomic E-state index is 0.278.